The zero-order valence-corrected chi connectivity index (χ0v) is 17.2. The monoisotopic (exact) mass is 417 g/mol. The molecule has 7 nitrogen and oxygen atoms in total. The predicted molar refractivity (Wildman–Crippen MR) is 102 cm³/mol. The van der Waals surface area contributed by atoms with Crippen LogP contribution in [0.1, 0.15) is 13.8 Å². The Morgan fingerprint density at radius 1 is 1.43 bits per heavy atom. The van der Waals surface area contributed by atoms with Crippen molar-refractivity contribution in [3.63, 3.8) is 0 Å². The zero-order chi connectivity index (χ0) is 20.2. The molecule has 0 spiro atoms. The van der Waals surface area contributed by atoms with Crippen LogP contribution < -0.4 is 9.67 Å². The molecule has 0 radical (unpaired) electrons. The standard InChI is InChI=1S/C19H19N3O4S2/c1-9-14-13(10(2)23)17(24)22(14)15(18(25)26)16(9)28-19-20-12(8-27-19)11-4-6-21(3)7-5-11/h4-10,13-14,23H,1-3H3/t9-,10-,13-,14-/m1/s1. The molecule has 4 atom stereocenters. The summed E-state index contributed by atoms with van der Waals surface area (Å²) < 4.78 is 2.63. The lowest BCUT2D eigenvalue weighted by atomic mass is 9.79. The minimum absolute atomic E-state index is 0.0899. The van der Waals surface area contributed by atoms with Gasteiger partial charge in [-0.05, 0) is 6.92 Å². The van der Waals surface area contributed by atoms with Gasteiger partial charge in [-0.3, -0.25) is 4.79 Å². The first-order valence-electron chi connectivity index (χ1n) is 8.85. The van der Waals surface area contributed by atoms with Crippen molar-refractivity contribution in [2.45, 2.75) is 30.3 Å². The van der Waals surface area contributed by atoms with Crippen LogP contribution in [0.15, 0.2) is 44.8 Å². The van der Waals surface area contributed by atoms with Crippen LogP contribution in [-0.4, -0.2) is 39.0 Å². The van der Waals surface area contributed by atoms with E-state index >= 15 is 0 Å². The summed E-state index contributed by atoms with van der Waals surface area (Å²) in [6.45, 7) is 3.44. The van der Waals surface area contributed by atoms with Gasteiger partial charge in [-0.25, -0.2) is 9.55 Å². The number of aliphatic hydroxyl groups is 1. The third-order valence-corrected chi connectivity index (χ3v) is 7.48. The molecule has 9 heteroatoms. The van der Waals surface area contributed by atoms with Gasteiger partial charge in [-0.15, -0.1) is 11.3 Å². The van der Waals surface area contributed by atoms with E-state index in [0.717, 1.165) is 11.3 Å². The maximum absolute atomic E-state index is 12.4. The summed E-state index contributed by atoms with van der Waals surface area (Å²) in [6, 6.07) is 3.58. The number of carbonyl (C=O) groups is 2. The number of hydrogen-bond donors (Lipinski definition) is 1. The molecule has 2 aromatic heterocycles. The number of aromatic nitrogens is 2. The number of rotatable bonds is 5. The molecule has 1 fully saturated rings. The van der Waals surface area contributed by atoms with Crippen LogP contribution >= 0.6 is 23.1 Å². The van der Waals surface area contributed by atoms with E-state index in [-0.39, 0.29) is 23.6 Å². The van der Waals surface area contributed by atoms with Gasteiger partial charge in [-0.2, -0.15) is 0 Å². The number of aryl methyl sites for hydroxylation is 1. The van der Waals surface area contributed by atoms with Gasteiger partial charge in [0, 0.05) is 33.9 Å². The molecule has 1 saturated heterocycles. The molecule has 4 rings (SSSR count). The first-order chi connectivity index (χ1) is 13.3. The maximum Gasteiger partial charge on any atom is 0.235 e. The number of hydrogen-bond acceptors (Lipinski definition) is 7. The lowest BCUT2D eigenvalue weighted by Gasteiger charge is -2.47. The number of pyridine rings is 1. The Hall–Kier alpha value is -2.23. The van der Waals surface area contributed by atoms with Crippen LogP contribution in [0, 0.1) is 11.8 Å². The van der Waals surface area contributed by atoms with E-state index in [0.29, 0.717) is 9.24 Å². The fourth-order valence-corrected chi connectivity index (χ4v) is 5.94. The van der Waals surface area contributed by atoms with Gasteiger partial charge in [0.15, 0.2) is 16.7 Å². The van der Waals surface area contributed by atoms with Crippen molar-refractivity contribution in [1.29, 1.82) is 0 Å². The molecular weight excluding hydrogens is 398 g/mol. The lowest BCUT2D eigenvalue weighted by Crippen LogP contribution is -2.64. The molecule has 1 amide bonds. The molecule has 2 aliphatic rings. The Morgan fingerprint density at radius 3 is 2.71 bits per heavy atom. The first-order valence-corrected chi connectivity index (χ1v) is 10.5. The van der Waals surface area contributed by atoms with Crippen molar-refractivity contribution in [2.75, 3.05) is 0 Å². The number of amides is 1. The van der Waals surface area contributed by atoms with Crippen molar-refractivity contribution in [1.82, 2.24) is 9.88 Å². The highest BCUT2D eigenvalue weighted by Gasteiger charge is 2.58. The molecule has 0 unspecified atom stereocenters. The van der Waals surface area contributed by atoms with E-state index in [9.17, 15) is 19.8 Å². The van der Waals surface area contributed by atoms with Crippen molar-refractivity contribution in [2.24, 2.45) is 18.9 Å². The second-order valence-corrected chi connectivity index (χ2v) is 9.25. The minimum Gasteiger partial charge on any atom is -0.543 e. The number of thioether (sulfide) groups is 1. The Bertz CT molecular complexity index is 983. The molecule has 1 N–H and O–H groups in total. The third kappa shape index (κ3) is 2.94. The number of carbonyl (C=O) groups excluding carboxylic acids is 2. The van der Waals surface area contributed by atoms with E-state index < -0.39 is 18.0 Å². The Balaban J connectivity index is 1.63. The summed E-state index contributed by atoms with van der Waals surface area (Å²) in [7, 11) is 1.94. The molecule has 4 heterocycles. The van der Waals surface area contributed by atoms with Gasteiger partial charge in [-0.1, -0.05) is 18.7 Å². The quantitative estimate of drug-likeness (QED) is 0.564. The molecule has 2 aromatic rings. The Kier molecular flexibility index (Phi) is 4.76. The molecule has 28 heavy (non-hydrogen) atoms. The normalized spacial score (nSPS) is 24.9. The second-order valence-electron chi connectivity index (χ2n) is 7.11. The van der Waals surface area contributed by atoms with Gasteiger partial charge in [0.25, 0.3) is 0 Å². The maximum atomic E-state index is 12.4. The Morgan fingerprint density at radius 2 is 2.11 bits per heavy atom. The molecule has 0 bridgehead atoms. The van der Waals surface area contributed by atoms with Crippen LogP contribution in [0.3, 0.4) is 0 Å². The zero-order valence-electron chi connectivity index (χ0n) is 15.5. The SMILES string of the molecule is C[C@@H](O)[C@H]1C(=O)N2C(C(=O)[O-])=C(Sc3nc(-c4cc[n+](C)cc4)cs3)[C@H](C)[C@H]12. The topological polar surface area (TPSA) is 97.4 Å². The predicted octanol–water partition coefficient (Wildman–Crippen LogP) is 0.546. The summed E-state index contributed by atoms with van der Waals surface area (Å²) in [4.78, 5) is 30.6. The number of nitrogens with zero attached hydrogens (tertiary/aromatic N) is 3. The summed E-state index contributed by atoms with van der Waals surface area (Å²) in [5, 5.41) is 23.6. The van der Waals surface area contributed by atoms with E-state index in [2.05, 4.69) is 4.98 Å². The van der Waals surface area contributed by atoms with Crippen LogP contribution in [-0.2, 0) is 16.6 Å². The van der Waals surface area contributed by atoms with E-state index in [1.807, 2.05) is 48.4 Å². The van der Waals surface area contributed by atoms with Crippen molar-refractivity contribution >= 4 is 35.0 Å². The highest BCUT2D eigenvalue weighted by atomic mass is 32.2. The van der Waals surface area contributed by atoms with Gasteiger partial charge >= 0.3 is 0 Å². The molecule has 0 aromatic carbocycles. The average molecular weight is 418 g/mol. The van der Waals surface area contributed by atoms with Crippen molar-refractivity contribution in [3.8, 4) is 11.3 Å². The summed E-state index contributed by atoms with van der Waals surface area (Å²) >= 11 is 2.69. The van der Waals surface area contributed by atoms with Gasteiger partial charge in [0.05, 0.1) is 35.4 Å². The smallest absolute Gasteiger partial charge is 0.235 e. The Labute approximate surface area is 170 Å². The number of aliphatic hydroxyl groups excluding tert-OH is 1. The lowest BCUT2D eigenvalue weighted by molar-refractivity contribution is -0.671. The first kappa shape index (κ1) is 19.1. The number of carboxylic acids is 1. The molecule has 2 aliphatic heterocycles. The third-order valence-electron chi connectivity index (χ3n) is 5.26. The fourth-order valence-electron chi connectivity index (χ4n) is 3.85. The molecule has 0 saturated carbocycles. The summed E-state index contributed by atoms with van der Waals surface area (Å²) in [6.07, 6.45) is 3.04. The summed E-state index contributed by atoms with van der Waals surface area (Å²) in [5.74, 6) is -2.53. The highest BCUT2D eigenvalue weighted by Crippen LogP contribution is 2.52. The fraction of sp³-hybridized carbons (Fsp3) is 0.368. The average Bonchev–Trinajstić information content (AvgIpc) is 3.18. The van der Waals surface area contributed by atoms with Crippen molar-refractivity contribution in [3.05, 3.63) is 40.5 Å². The minimum atomic E-state index is -1.37. The van der Waals surface area contributed by atoms with Crippen molar-refractivity contribution < 1.29 is 24.4 Å². The van der Waals surface area contributed by atoms with Gasteiger partial charge in [0.2, 0.25) is 5.91 Å². The van der Waals surface area contributed by atoms with Crippen LogP contribution in [0.25, 0.3) is 11.3 Å². The largest absolute Gasteiger partial charge is 0.543 e. The van der Waals surface area contributed by atoms with Crippen LogP contribution in [0.5, 0.6) is 0 Å². The summed E-state index contributed by atoms with van der Waals surface area (Å²) in [5.41, 5.74) is 1.70. The van der Waals surface area contributed by atoms with E-state index in [1.54, 1.807) is 6.92 Å². The van der Waals surface area contributed by atoms with E-state index in [1.165, 1.54) is 28.0 Å². The number of fused-ring (bicyclic) bond motifs is 1. The molecule has 0 aliphatic carbocycles. The molecular formula is C19H19N3O4S2. The van der Waals surface area contributed by atoms with Gasteiger partial charge in [0.1, 0.15) is 7.05 Å². The number of carboxylic acid groups (broad SMARTS) is 1. The van der Waals surface area contributed by atoms with Gasteiger partial charge < -0.3 is 19.9 Å². The van der Waals surface area contributed by atoms with E-state index in [4.69, 9.17) is 0 Å². The number of thiazole rings is 1. The highest BCUT2D eigenvalue weighted by molar-refractivity contribution is 8.04. The van der Waals surface area contributed by atoms with Crippen LogP contribution in [0.2, 0.25) is 0 Å². The second kappa shape index (κ2) is 6.98. The molecule has 146 valence electrons. The number of aliphatic carboxylic acids is 1. The number of β-lactam (4-membered cyclic amide) rings is 1. The van der Waals surface area contributed by atoms with Crippen LogP contribution in [0.4, 0.5) is 0 Å².